The van der Waals surface area contributed by atoms with E-state index in [1.165, 1.54) is 24.3 Å². The molecular weight excluding hydrogens is 409 g/mol. The van der Waals surface area contributed by atoms with Crippen molar-refractivity contribution in [2.45, 2.75) is 6.92 Å². The van der Waals surface area contributed by atoms with Gasteiger partial charge in [0.25, 0.3) is 0 Å². The van der Waals surface area contributed by atoms with Gasteiger partial charge < -0.3 is 19.2 Å². The maximum absolute atomic E-state index is 13.4. The number of benzene rings is 3. The molecule has 0 atom stereocenters. The van der Waals surface area contributed by atoms with Gasteiger partial charge in [0.1, 0.15) is 22.9 Å². The van der Waals surface area contributed by atoms with Gasteiger partial charge >= 0.3 is 0 Å². The zero-order chi connectivity index (χ0) is 22.7. The van der Waals surface area contributed by atoms with Crippen LogP contribution in [-0.4, -0.2) is 20.1 Å². The fraction of sp³-hybridized carbons (Fsp3) is 0.115. The van der Waals surface area contributed by atoms with E-state index in [9.17, 15) is 9.18 Å². The molecule has 162 valence electrons. The predicted octanol–water partition coefficient (Wildman–Crippen LogP) is 6.30. The minimum absolute atomic E-state index is 0.365. The first-order valence-corrected chi connectivity index (χ1v) is 9.97. The van der Waals surface area contributed by atoms with Crippen LogP contribution in [0.5, 0.6) is 11.5 Å². The molecule has 1 N–H and O–H groups in total. The molecule has 4 aromatic rings. The van der Waals surface area contributed by atoms with Crippen LogP contribution in [0.25, 0.3) is 27.7 Å². The lowest BCUT2D eigenvalue weighted by atomic mass is 9.99. The lowest BCUT2D eigenvalue weighted by Crippen LogP contribution is -2.08. The van der Waals surface area contributed by atoms with Crippen molar-refractivity contribution in [2.75, 3.05) is 19.5 Å². The van der Waals surface area contributed by atoms with Gasteiger partial charge in [-0.2, -0.15) is 0 Å². The molecule has 0 saturated heterocycles. The van der Waals surface area contributed by atoms with E-state index in [1.807, 2.05) is 37.3 Å². The number of hydrogen-bond acceptors (Lipinski definition) is 4. The number of nitrogens with one attached hydrogen (secondary N) is 1. The van der Waals surface area contributed by atoms with Crippen molar-refractivity contribution in [1.29, 1.82) is 0 Å². The molecule has 4 rings (SSSR count). The smallest absolute Gasteiger partial charge is 0.248 e. The molecule has 0 aliphatic carbocycles. The Labute approximate surface area is 185 Å². The second-order valence-electron chi connectivity index (χ2n) is 7.26. The number of furan rings is 1. The van der Waals surface area contributed by atoms with Crippen molar-refractivity contribution in [2.24, 2.45) is 0 Å². The number of fused-ring (bicyclic) bond motifs is 1. The molecule has 0 saturated carbocycles. The van der Waals surface area contributed by atoms with Crippen LogP contribution < -0.4 is 14.8 Å². The number of hydrogen-bond donors (Lipinski definition) is 1. The van der Waals surface area contributed by atoms with E-state index in [4.69, 9.17) is 13.9 Å². The van der Waals surface area contributed by atoms with E-state index in [0.29, 0.717) is 22.6 Å². The normalized spacial score (nSPS) is 11.4. The summed E-state index contributed by atoms with van der Waals surface area (Å²) in [6.45, 7) is 1.82. The van der Waals surface area contributed by atoms with E-state index in [0.717, 1.165) is 27.8 Å². The Balaban J connectivity index is 1.72. The molecule has 1 amide bonds. The third-order valence-electron chi connectivity index (χ3n) is 5.14. The van der Waals surface area contributed by atoms with Gasteiger partial charge in [0.05, 0.1) is 20.5 Å². The maximum Gasteiger partial charge on any atom is 0.248 e. The van der Waals surface area contributed by atoms with Gasteiger partial charge in [-0.3, -0.25) is 4.79 Å². The number of amides is 1. The van der Waals surface area contributed by atoms with Gasteiger partial charge in [0.2, 0.25) is 5.91 Å². The first-order chi connectivity index (χ1) is 15.5. The standard InChI is InChI=1S/C26H22FNO4/c1-16(10-26(29)28-19-8-5-7-18(27)12-19)21-13-22-23(15-32-25(22)14-24(21)31-3)17-6-4-9-20(11-17)30-2/h4-15H,1-3H3,(H,28,29)/b16-10+. The SMILES string of the molecule is COc1cccc(-c2coc3cc(OC)c(/C(C)=C/C(=O)Nc4cccc(F)c4)cc23)c1. The van der Waals surface area contributed by atoms with Crippen LogP contribution >= 0.6 is 0 Å². The minimum atomic E-state index is -0.416. The average molecular weight is 431 g/mol. The predicted molar refractivity (Wildman–Crippen MR) is 123 cm³/mol. The van der Waals surface area contributed by atoms with Gasteiger partial charge in [0, 0.05) is 34.3 Å². The fourth-order valence-electron chi connectivity index (χ4n) is 3.57. The molecular formula is C26H22FNO4. The molecule has 32 heavy (non-hydrogen) atoms. The zero-order valence-electron chi connectivity index (χ0n) is 17.9. The second kappa shape index (κ2) is 8.98. The van der Waals surface area contributed by atoms with E-state index in [-0.39, 0.29) is 5.91 Å². The van der Waals surface area contributed by atoms with Crippen LogP contribution in [0.15, 0.2) is 77.4 Å². The van der Waals surface area contributed by atoms with Crippen LogP contribution in [-0.2, 0) is 4.79 Å². The molecule has 0 spiro atoms. The summed E-state index contributed by atoms with van der Waals surface area (Å²) in [6, 6.07) is 17.2. The summed E-state index contributed by atoms with van der Waals surface area (Å²) in [5.41, 5.74) is 4.34. The molecule has 1 aromatic heterocycles. The maximum atomic E-state index is 13.4. The zero-order valence-corrected chi connectivity index (χ0v) is 17.9. The van der Waals surface area contributed by atoms with Crippen molar-refractivity contribution < 1.29 is 23.1 Å². The topological polar surface area (TPSA) is 60.7 Å². The van der Waals surface area contributed by atoms with Crippen molar-refractivity contribution in [1.82, 2.24) is 0 Å². The number of halogens is 1. The number of carbonyl (C=O) groups excluding carboxylic acids is 1. The van der Waals surface area contributed by atoms with Gasteiger partial charge in [-0.15, -0.1) is 0 Å². The summed E-state index contributed by atoms with van der Waals surface area (Å²) >= 11 is 0. The van der Waals surface area contributed by atoms with Crippen molar-refractivity contribution in [3.05, 3.63) is 84.4 Å². The lowest BCUT2D eigenvalue weighted by Gasteiger charge is -2.10. The first-order valence-electron chi connectivity index (χ1n) is 9.97. The molecule has 3 aromatic carbocycles. The number of anilines is 1. The van der Waals surface area contributed by atoms with Crippen LogP contribution in [0.2, 0.25) is 0 Å². The quantitative estimate of drug-likeness (QED) is 0.364. The Bertz CT molecular complexity index is 1320. The van der Waals surface area contributed by atoms with Gasteiger partial charge in [0.15, 0.2) is 0 Å². The summed E-state index contributed by atoms with van der Waals surface area (Å²) in [5, 5.41) is 3.56. The van der Waals surface area contributed by atoms with Crippen LogP contribution in [0.1, 0.15) is 12.5 Å². The van der Waals surface area contributed by atoms with Gasteiger partial charge in [-0.1, -0.05) is 18.2 Å². The number of ether oxygens (including phenoxy) is 2. The summed E-state index contributed by atoms with van der Waals surface area (Å²) in [6.07, 6.45) is 3.15. The highest BCUT2D eigenvalue weighted by atomic mass is 19.1. The van der Waals surface area contributed by atoms with Gasteiger partial charge in [-0.05, 0) is 54.5 Å². The van der Waals surface area contributed by atoms with Crippen LogP contribution in [0, 0.1) is 5.82 Å². The number of allylic oxidation sites excluding steroid dienone is 1. The highest BCUT2D eigenvalue weighted by Crippen LogP contribution is 2.38. The monoisotopic (exact) mass is 431 g/mol. The Hall–Kier alpha value is -4.06. The Morgan fingerprint density at radius 2 is 1.84 bits per heavy atom. The molecule has 0 aliphatic rings. The van der Waals surface area contributed by atoms with E-state index >= 15 is 0 Å². The van der Waals surface area contributed by atoms with Gasteiger partial charge in [-0.25, -0.2) is 4.39 Å². The van der Waals surface area contributed by atoms with Crippen LogP contribution in [0.4, 0.5) is 10.1 Å². The second-order valence-corrected chi connectivity index (χ2v) is 7.26. The molecule has 0 aliphatic heterocycles. The molecule has 0 bridgehead atoms. The number of methoxy groups -OCH3 is 2. The summed E-state index contributed by atoms with van der Waals surface area (Å²) < 4.78 is 30.0. The number of carbonyl (C=O) groups is 1. The molecule has 6 heteroatoms. The molecule has 0 radical (unpaired) electrons. The largest absolute Gasteiger partial charge is 0.497 e. The third-order valence-corrected chi connectivity index (χ3v) is 5.14. The summed E-state index contributed by atoms with van der Waals surface area (Å²) in [4.78, 5) is 12.5. The highest BCUT2D eigenvalue weighted by Gasteiger charge is 2.15. The van der Waals surface area contributed by atoms with Crippen molar-refractivity contribution in [3.8, 4) is 22.6 Å². The van der Waals surface area contributed by atoms with Crippen LogP contribution in [0.3, 0.4) is 0 Å². The van der Waals surface area contributed by atoms with Crippen molar-refractivity contribution in [3.63, 3.8) is 0 Å². The van der Waals surface area contributed by atoms with E-state index in [2.05, 4.69) is 5.32 Å². The minimum Gasteiger partial charge on any atom is -0.497 e. The van der Waals surface area contributed by atoms with Crippen molar-refractivity contribution >= 4 is 28.1 Å². The van der Waals surface area contributed by atoms with E-state index < -0.39 is 5.82 Å². The molecule has 5 nitrogen and oxygen atoms in total. The summed E-state index contributed by atoms with van der Waals surface area (Å²) in [7, 11) is 3.19. The molecule has 0 fully saturated rings. The third kappa shape index (κ3) is 4.34. The average Bonchev–Trinajstić information content (AvgIpc) is 3.21. The Morgan fingerprint density at radius 1 is 1.03 bits per heavy atom. The molecule has 0 unspecified atom stereocenters. The van der Waals surface area contributed by atoms with E-state index in [1.54, 1.807) is 32.6 Å². The number of rotatable bonds is 6. The Kier molecular flexibility index (Phi) is 5.94. The highest BCUT2D eigenvalue weighted by molar-refractivity contribution is 6.05. The molecule has 1 heterocycles. The summed E-state index contributed by atoms with van der Waals surface area (Å²) in [5.74, 6) is 0.545. The Morgan fingerprint density at radius 3 is 2.59 bits per heavy atom. The first kappa shape index (κ1) is 21.2. The lowest BCUT2D eigenvalue weighted by molar-refractivity contribution is -0.111. The fourth-order valence-corrected chi connectivity index (χ4v) is 3.57.